The van der Waals surface area contributed by atoms with Crippen molar-refractivity contribution in [2.24, 2.45) is 5.92 Å². The van der Waals surface area contributed by atoms with Crippen LogP contribution in [0.15, 0.2) is 18.3 Å². The number of aromatic nitrogens is 1. The Morgan fingerprint density at radius 2 is 2.08 bits per heavy atom. The van der Waals surface area contributed by atoms with Gasteiger partial charge in [0.2, 0.25) is 0 Å². The summed E-state index contributed by atoms with van der Waals surface area (Å²) in [6.07, 6.45) is 2.34. The largest absolute Gasteiger partial charge is 0.258 e. The number of rotatable bonds is 3. The first-order valence-corrected chi connectivity index (χ1v) is 4.76. The van der Waals surface area contributed by atoms with Crippen LogP contribution >= 0.6 is 0 Å². The Morgan fingerprint density at radius 1 is 1.38 bits per heavy atom. The molecule has 0 fully saturated rings. The van der Waals surface area contributed by atoms with Gasteiger partial charge in [-0.2, -0.15) is 0 Å². The molecule has 72 valence electrons. The number of hydrogen-bond acceptors (Lipinski definition) is 1. The van der Waals surface area contributed by atoms with E-state index >= 15 is 0 Å². The van der Waals surface area contributed by atoms with Crippen molar-refractivity contribution in [2.75, 3.05) is 0 Å². The average molecular weight is 181 g/mol. The number of halogens is 1. The monoisotopic (exact) mass is 181 g/mol. The van der Waals surface area contributed by atoms with Crippen LogP contribution in [0.25, 0.3) is 0 Å². The number of pyridine rings is 1. The second kappa shape index (κ2) is 4.35. The lowest BCUT2D eigenvalue weighted by molar-refractivity contribution is 0.473. The molecule has 13 heavy (non-hydrogen) atoms. The SMILES string of the molecule is CCC(c1ccc(F)cn1)C(C)C. The van der Waals surface area contributed by atoms with E-state index in [-0.39, 0.29) is 5.82 Å². The highest BCUT2D eigenvalue weighted by atomic mass is 19.1. The summed E-state index contributed by atoms with van der Waals surface area (Å²) in [7, 11) is 0. The molecule has 1 heterocycles. The van der Waals surface area contributed by atoms with E-state index in [0.29, 0.717) is 11.8 Å². The summed E-state index contributed by atoms with van der Waals surface area (Å²) in [5.74, 6) is 0.742. The second-order valence-electron chi connectivity index (χ2n) is 3.66. The predicted octanol–water partition coefficient (Wildman–Crippen LogP) is 3.37. The first-order chi connectivity index (χ1) is 6.15. The highest BCUT2D eigenvalue weighted by molar-refractivity contribution is 5.10. The molecule has 1 aromatic heterocycles. The van der Waals surface area contributed by atoms with Gasteiger partial charge in [0, 0.05) is 11.6 Å². The molecule has 2 heteroatoms. The minimum atomic E-state index is -0.262. The third-order valence-electron chi connectivity index (χ3n) is 2.37. The lowest BCUT2D eigenvalue weighted by Crippen LogP contribution is -2.07. The molecule has 0 aliphatic heterocycles. The van der Waals surface area contributed by atoms with Crippen LogP contribution in [0.1, 0.15) is 38.8 Å². The molecule has 0 saturated carbocycles. The summed E-state index contributed by atoms with van der Waals surface area (Å²) < 4.78 is 12.6. The molecule has 0 radical (unpaired) electrons. The van der Waals surface area contributed by atoms with Crippen molar-refractivity contribution in [3.05, 3.63) is 29.8 Å². The van der Waals surface area contributed by atoms with E-state index in [0.717, 1.165) is 12.1 Å². The van der Waals surface area contributed by atoms with Crippen LogP contribution in [0.5, 0.6) is 0 Å². The van der Waals surface area contributed by atoms with Crippen LogP contribution in [0.3, 0.4) is 0 Å². The summed E-state index contributed by atoms with van der Waals surface area (Å²) in [5.41, 5.74) is 0.999. The predicted molar refractivity (Wildman–Crippen MR) is 52.1 cm³/mol. The van der Waals surface area contributed by atoms with E-state index in [4.69, 9.17) is 0 Å². The Hall–Kier alpha value is -0.920. The van der Waals surface area contributed by atoms with Gasteiger partial charge >= 0.3 is 0 Å². The standard InChI is InChI=1S/C11H16FN/c1-4-10(8(2)3)11-6-5-9(12)7-13-11/h5-8,10H,4H2,1-3H3. The molecule has 0 aromatic carbocycles. The fourth-order valence-corrected chi connectivity index (χ4v) is 1.63. The van der Waals surface area contributed by atoms with Gasteiger partial charge in [0.25, 0.3) is 0 Å². The van der Waals surface area contributed by atoms with Gasteiger partial charge in [-0.25, -0.2) is 4.39 Å². The molecule has 0 bridgehead atoms. The van der Waals surface area contributed by atoms with Gasteiger partial charge in [-0.15, -0.1) is 0 Å². The van der Waals surface area contributed by atoms with Crippen LogP contribution in [0, 0.1) is 11.7 Å². The van der Waals surface area contributed by atoms with E-state index in [1.54, 1.807) is 6.07 Å². The molecule has 1 atom stereocenters. The molecule has 0 spiro atoms. The molecular formula is C11H16FN. The van der Waals surface area contributed by atoms with Crippen molar-refractivity contribution in [3.63, 3.8) is 0 Å². The van der Waals surface area contributed by atoms with Crippen molar-refractivity contribution >= 4 is 0 Å². The van der Waals surface area contributed by atoms with E-state index in [1.807, 2.05) is 0 Å². The van der Waals surface area contributed by atoms with E-state index in [9.17, 15) is 4.39 Å². The zero-order valence-electron chi connectivity index (χ0n) is 8.42. The maximum absolute atomic E-state index is 12.6. The van der Waals surface area contributed by atoms with Crippen molar-refractivity contribution < 1.29 is 4.39 Å². The van der Waals surface area contributed by atoms with Crippen molar-refractivity contribution in [2.45, 2.75) is 33.1 Å². The van der Waals surface area contributed by atoms with Gasteiger partial charge in [-0.3, -0.25) is 4.98 Å². The topological polar surface area (TPSA) is 12.9 Å². The maximum atomic E-state index is 12.6. The Kier molecular flexibility index (Phi) is 3.40. The summed E-state index contributed by atoms with van der Waals surface area (Å²) >= 11 is 0. The Balaban J connectivity index is 2.86. The van der Waals surface area contributed by atoms with E-state index in [2.05, 4.69) is 25.8 Å². The fraction of sp³-hybridized carbons (Fsp3) is 0.545. The number of nitrogens with zero attached hydrogens (tertiary/aromatic N) is 1. The molecule has 0 saturated heterocycles. The quantitative estimate of drug-likeness (QED) is 0.696. The lowest BCUT2D eigenvalue weighted by Gasteiger charge is -2.17. The van der Waals surface area contributed by atoms with Gasteiger partial charge in [0.05, 0.1) is 6.20 Å². The van der Waals surface area contributed by atoms with E-state index in [1.165, 1.54) is 12.3 Å². The normalized spacial score (nSPS) is 13.3. The van der Waals surface area contributed by atoms with Crippen LogP contribution in [0.2, 0.25) is 0 Å². The average Bonchev–Trinajstić information content (AvgIpc) is 2.09. The van der Waals surface area contributed by atoms with Gasteiger partial charge in [0.15, 0.2) is 0 Å². The van der Waals surface area contributed by atoms with Crippen LogP contribution in [-0.4, -0.2) is 4.98 Å². The molecule has 1 unspecified atom stereocenters. The van der Waals surface area contributed by atoms with Gasteiger partial charge < -0.3 is 0 Å². The Bertz CT molecular complexity index is 253. The van der Waals surface area contributed by atoms with Crippen LogP contribution in [0.4, 0.5) is 4.39 Å². The molecule has 0 aliphatic carbocycles. The fourth-order valence-electron chi connectivity index (χ4n) is 1.63. The summed E-state index contributed by atoms with van der Waals surface area (Å²) in [4.78, 5) is 4.10. The summed E-state index contributed by atoms with van der Waals surface area (Å²) in [6.45, 7) is 6.47. The minimum Gasteiger partial charge on any atom is -0.258 e. The molecule has 1 rings (SSSR count). The first-order valence-electron chi connectivity index (χ1n) is 4.76. The van der Waals surface area contributed by atoms with Gasteiger partial charge in [-0.1, -0.05) is 20.8 Å². The molecule has 0 amide bonds. The lowest BCUT2D eigenvalue weighted by atomic mass is 9.90. The third kappa shape index (κ3) is 2.51. The Morgan fingerprint density at radius 3 is 2.46 bits per heavy atom. The van der Waals surface area contributed by atoms with Gasteiger partial charge in [0.1, 0.15) is 5.82 Å². The zero-order chi connectivity index (χ0) is 9.84. The minimum absolute atomic E-state index is 0.262. The zero-order valence-corrected chi connectivity index (χ0v) is 8.42. The molecule has 0 aliphatic rings. The van der Waals surface area contributed by atoms with Crippen molar-refractivity contribution in [3.8, 4) is 0 Å². The highest BCUT2D eigenvalue weighted by Gasteiger charge is 2.14. The first kappa shape index (κ1) is 10.2. The molecule has 1 nitrogen and oxygen atoms in total. The van der Waals surface area contributed by atoms with Crippen molar-refractivity contribution in [1.82, 2.24) is 4.98 Å². The summed E-state index contributed by atoms with van der Waals surface area (Å²) in [5, 5.41) is 0. The maximum Gasteiger partial charge on any atom is 0.141 e. The molecular weight excluding hydrogens is 165 g/mol. The summed E-state index contributed by atoms with van der Waals surface area (Å²) in [6, 6.07) is 3.26. The van der Waals surface area contributed by atoms with Crippen molar-refractivity contribution in [1.29, 1.82) is 0 Å². The van der Waals surface area contributed by atoms with Gasteiger partial charge in [-0.05, 0) is 24.5 Å². The smallest absolute Gasteiger partial charge is 0.141 e. The van der Waals surface area contributed by atoms with Crippen LogP contribution < -0.4 is 0 Å². The highest BCUT2D eigenvalue weighted by Crippen LogP contribution is 2.25. The Labute approximate surface area is 79.0 Å². The molecule has 0 N–H and O–H groups in total. The second-order valence-corrected chi connectivity index (χ2v) is 3.66. The molecule has 1 aromatic rings. The van der Waals surface area contributed by atoms with Crippen LogP contribution in [-0.2, 0) is 0 Å². The third-order valence-corrected chi connectivity index (χ3v) is 2.37. The number of hydrogen-bond donors (Lipinski definition) is 0. The van der Waals surface area contributed by atoms with E-state index < -0.39 is 0 Å².